The van der Waals surface area contributed by atoms with Gasteiger partial charge in [0.25, 0.3) is 11.7 Å². The molecular formula is C26H23NO5. The third-order valence-electron chi connectivity index (χ3n) is 5.49. The highest BCUT2D eigenvalue weighted by molar-refractivity contribution is 6.51. The molecule has 162 valence electrons. The topological polar surface area (TPSA) is 76.1 Å². The predicted molar refractivity (Wildman–Crippen MR) is 122 cm³/mol. The molecule has 6 heteroatoms. The molecule has 0 bridgehead atoms. The maximum Gasteiger partial charge on any atom is 0.300 e. The number of amides is 1. The van der Waals surface area contributed by atoms with Crippen LogP contribution in [0.15, 0.2) is 78.4 Å². The van der Waals surface area contributed by atoms with Gasteiger partial charge < -0.3 is 14.6 Å². The average molecular weight is 429 g/mol. The number of ketones is 1. The fraction of sp³-hybridized carbons (Fsp3) is 0.154. The molecule has 0 aromatic heterocycles. The van der Waals surface area contributed by atoms with Gasteiger partial charge in [-0.2, -0.15) is 0 Å². The summed E-state index contributed by atoms with van der Waals surface area (Å²) in [6, 6.07) is 20.4. The summed E-state index contributed by atoms with van der Waals surface area (Å²) in [7, 11) is 3.05. The van der Waals surface area contributed by atoms with Gasteiger partial charge in [0.1, 0.15) is 5.76 Å². The Labute approximate surface area is 186 Å². The number of Topliss-reactive ketones (excluding diaryl/α,β-unsaturated/α-hetero) is 1. The zero-order chi connectivity index (χ0) is 22.8. The predicted octanol–water partition coefficient (Wildman–Crippen LogP) is 4.64. The van der Waals surface area contributed by atoms with E-state index in [1.807, 2.05) is 31.2 Å². The molecule has 1 N–H and O–H groups in total. The summed E-state index contributed by atoms with van der Waals surface area (Å²) in [4.78, 5) is 27.8. The molecule has 1 aliphatic heterocycles. The van der Waals surface area contributed by atoms with Gasteiger partial charge in [-0.1, -0.05) is 48.5 Å². The van der Waals surface area contributed by atoms with Crippen LogP contribution in [-0.2, 0) is 9.59 Å². The van der Waals surface area contributed by atoms with Crippen molar-refractivity contribution < 1.29 is 24.2 Å². The molecule has 1 amide bonds. The standard InChI is InChI=1S/C26H23NO5/c1-16-8-7-11-19(14-16)27-23(18-12-13-20(31-2)21(15-18)32-3)22(25(29)26(27)30)24(28)17-9-5-4-6-10-17/h4-15,23,28H,1-3H3/b24-22+/t23-/m1/s1. The summed E-state index contributed by atoms with van der Waals surface area (Å²) in [6.45, 7) is 1.91. The number of methoxy groups -OCH3 is 2. The Morgan fingerprint density at radius 1 is 0.875 bits per heavy atom. The molecule has 0 spiro atoms. The van der Waals surface area contributed by atoms with Gasteiger partial charge in [-0.3, -0.25) is 14.5 Å². The fourth-order valence-corrected chi connectivity index (χ4v) is 3.97. The van der Waals surface area contributed by atoms with E-state index in [4.69, 9.17) is 9.47 Å². The third kappa shape index (κ3) is 3.60. The van der Waals surface area contributed by atoms with E-state index in [1.165, 1.54) is 19.1 Å². The van der Waals surface area contributed by atoms with E-state index in [2.05, 4.69) is 0 Å². The number of aliphatic hydroxyl groups excluding tert-OH is 1. The van der Waals surface area contributed by atoms with Gasteiger partial charge in [-0.15, -0.1) is 0 Å². The molecule has 1 saturated heterocycles. The van der Waals surface area contributed by atoms with Gasteiger partial charge in [-0.25, -0.2) is 0 Å². The first-order valence-corrected chi connectivity index (χ1v) is 10.1. The molecule has 1 atom stereocenters. The lowest BCUT2D eigenvalue weighted by Gasteiger charge is -2.26. The van der Waals surface area contributed by atoms with Crippen LogP contribution in [0.5, 0.6) is 11.5 Å². The van der Waals surface area contributed by atoms with Gasteiger partial charge in [0.2, 0.25) is 0 Å². The number of anilines is 1. The Bertz CT molecular complexity index is 1220. The monoisotopic (exact) mass is 429 g/mol. The van der Waals surface area contributed by atoms with Gasteiger partial charge in [0.15, 0.2) is 11.5 Å². The lowest BCUT2D eigenvalue weighted by atomic mass is 9.94. The summed E-state index contributed by atoms with van der Waals surface area (Å²) in [5.41, 5.74) is 2.61. The van der Waals surface area contributed by atoms with Crippen molar-refractivity contribution in [2.24, 2.45) is 0 Å². The molecule has 0 aliphatic carbocycles. The van der Waals surface area contributed by atoms with Crippen LogP contribution >= 0.6 is 0 Å². The number of aryl methyl sites for hydroxylation is 1. The zero-order valence-electron chi connectivity index (χ0n) is 18.0. The van der Waals surface area contributed by atoms with Gasteiger partial charge in [0.05, 0.1) is 25.8 Å². The van der Waals surface area contributed by atoms with Crippen molar-refractivity contribution in [2.75, 3.05) is 19.1 Å². The highest BCUT2D eigenvalue weighted by atomic mass is 16.5. The van der Waals surface area contributed by atoms with E-state index in [9.17, 15) is 14.7 Å². The highest BCUT2D eigenvalue weighted by Crippen LogP contribution is 2.44. The summed E-state index contributed by atoms with van der Waals surface area (Å²) in [5.74, 6) is -0.689. The second-order valence-corrected chi connectivity index (χ2v) is 7.49. The minimum atomic E-state index is -0.836. The number of aliphatic hydroxyl groups is 1. The number of rotatable bonds is 5. The quantitative estimate of drug-likeness (QED) is 0.363. The second kappa shape index (κ2) is 8.59. The van der Waals surface area contributed by atoms with Crippen LogP contribution in [0.4, 0.5) is 5.69 Å². The molecule has 3 aromatic rings. The number of carbonyl (C=O) groups is 2. The van der Waals surface area contributed by atoms with Crippen molar-refractivity contribution in [3.05, 3.63) is 95.1 Å². The van der Waals surface area contributed by atoms with Gasteiger partial charge >= 0.3 is 0 Å². The molecule has 32 heavy (non-hydrogen) atoms. The van der Waals surface area contributed by atoms with Crippen LogP contribution in [0.2, 0.25) is 0 Å². The van der Waals surface area contributed by atoms with Crippen LogP contribution in [0.1, 0.15) is 22.7 Å². The van der Waals surface area contributed by atoms with E-state index in [1.54, 1.807) is 48.5 Å². The smallest absolute Gasteiger partial charge is 0.300 e. The Morgan fingerprint density at radius 3 is 2.25 bits per heavy atom. The molecule has 3 aromatic carbocycles. The zero-order valence-corrected chi connectivity index (χ0v) is 18.0. The van der Waals surface area contributed by atoms with E-state index in [0.717, 1.165) is 5.56 Å². The molecule has 1 aliphatic rings. The highest BCUT2D eigenvalue weighted by Gasteiger charge is 2.47. The lowest BCUT2D eigenvalue weighted by Crippen LogP contribution is -2.29. The first kappa shape index (κ1) is 21.2. The summed E-state index contributed by atoms with van der Waals surface area (Å²) >= 11 is 0. The van der Waals surface area contributed by atoms with Crippen LogP contribution in [-0.4, -0.2) is 31.0 Å². The minimum absolute atomic E-state index is 0.0231. The summed E-state index contributed by atoms with van der Waals surface area (Å²) < 4.78 is 10.8. The Balaban J connectivity index is 1.97. The SMILES string of the molecule is COc1ccc([C@@H]2/C(=C(\O)c3ccccc3)C(=O)C(=O)N2c2cccc(C)c2)cc1OC. The van der Waals surface area contributed by atoms with E-state index in [-0.39, 0.29) is 11.3 Å². The van der Waals surface area contributed by atoms with E-state index < -0.39 is 17.7 Å². The van der Waals surface area contributed by atoms with Crippen molar-refractivity contribution in [3.63, 3.8) is 0 Å². The fourth-order valence-electron chi connectivity index (χ4n) is 3.97. The van der Waals surface area contributed by atoms with Crippen LogP contribution in [0.3, 0.4) is 0 Å². The molecule has 1 heterocycles. The maximum atomic E-state index is 13.2. The molecule has 0 radical (unpaired) electrons. The Hall–Kier alpha value is -4.06. The van der Waals surface area contributed by atoms with E-state index >= 15 is 0 Å². The Morgan fingerprint density at radius 2 is 1.59 bits per heavy atom. The molecule has 1 fully saturated rings. The summed E-state index contributed by atoms with van der Waals surface area (Å²) in [6.07, 6.45) is 0. The molecule has 6 nitrogen and oxygen atoms in total. The molecule has 0 saturated carbocycles. The number of benzene rings is 3. The van der Waals surface area contributed by atoms with Crippen molar-refractivity contribution in [3.8, 4) is 11.5 Å². The first-order chi connectivity index (χ1) is 15.5. The Kier molecular flexibility index (Phi) is 5.69. The second-order valence-electron chi connectivity index (χ2n) is 7.49. The van der Waals surface area contributed by atoms with Crippen LogP contribution in [0, 0.1) is 6.92 Å². The van der Waals surface area contributed by atoms with Crippen LogP contribution in [0.25, 0.3) is 5.76 Å². The third-order valence-corrected chi connectivity index (χ3v) is 5.49. The molecule has 4 rings (SSSR count). The molecule has 0 unspecified atom stereocenters. The number of ether oxygens (including phenoxy) is 2. The van der Waals surface area contributed by atoms with Crippen molar-refractivity contribution in [1.82, 2.24) is 0 Å². The number of hydrogen-bond donors (Lipinski definition) is 1. The lowest BCUT2D eigenvalue weighted by molar-refractivity contribution is -0.132. The minimum Gasteiger partial charge on any atom is -0.507 e. The van der Waals surface area contributed by atoms with E-state index in [0.29, 0.717) is 28.3 Å². The number of hydrogen-bond acceptors (Lipinski definition) is 5. The van der Waals surface area contributed by atoms with Gasteiger partial charge in [-0.05, 0) is 42.3 Å². The largest absolute Gasteiger partial charge is 0.507 e. The van der Waals surface area contributed by atoms with Crippen LogP contribution < -0.4 is 14.4 Å². The number of carbonyl (C=O) groups excluding carboxylic acids is 2. The normalized spacial score (nSPS) is 17.5. The average Bonchev–Trinajstić information content (AvgIpc) is 3.09. The first-order valence-electron chi connectivity index (χ1n) is 10.1. The maximum absolute atomic E-state index is 13.2. The summed E-state index contributed by atoms with van der Waals surface area (Å²) in [5, 5.41) is 11.1. The van der Waals surface area contributed by atoms with Gasteiger partial charge in [0, 0.05) is 11.3 Å². The van der Waals surface area contributed by atoms with Crippen molar-refractivity contribution >= 4 is 23.1 Å². The van der Waals surface area contributed by atoms with Crippen molar-refractivity contribution in [1.29, 1.82) is 0 Å². The number of nitrogens with zero attached hydrogens (tertiary/aromatic N) is 1. The molecular weight excluding hydrogens is 406 g/mol. The van der Waals surface area contributed by atoms with Crippen molar-refractivity contribution in [2.45, 2.75) is 13.0 Å².